The highest BCUT2D eigenvalue weighted by molar-refractivity contribution is 5.40. The van der Waals surface area contributed by atoms with Gasteiger partial charge in [-0.25, -0.2) is 25.5 Å². The minimum atomic E-state index is 0.468. The fourth-order valence-corrected chi connectivity index (χ4v) is 1.49. The lowest BCUT2D eigenvalue weighted by molar-refractivity contribution is 0.809. The Balaban J connectivity index is 2.06. The molecule has 0 aliphatic heterocycles. The van der Waals surface area contributed by atoms with Crippen LogP contribution in [-0.4, -0.2) is 24.7 Å². The van der Waals surface area contributed by atoms with Crippen LogP contribution < -0.4 is 11.3 Å². The zero-order valence-corrected chi connectivity index (χ0v) is 8.54. The monoisotopic (exact) mass is 217 g/mol. The standard InChI is InChI=1S/C9H11N7/c10-15-7-3-8(16-5-11-4-12-16)14-9(13-7)6-1-2-6/h3-6H,1-2,10H2,(H,13,14,15). The van der Waals surface area contributed by atoms with Crippen molar-refractivity contribution in [2.45, 2.75) is 18.8 Å². The molecule has 1 aliphatic carbocycles. The van der Waals surface area contributed by atoms with Crippen molar-refractivity contribution in [3.63, 3.8) is 0 Å². The molecular weight excluding hydrogens is 206 g/mol. The molecule has 7 nitrogen and oxygen atoms in total. The average molecular weight is 217 g/mol. The normalized spacial score (nSPS) is 15.1. The molecule has 3 rings (SSSR count). The molecule has 2 aromatic rings. The average Bonchev–Trinajstić information content (AvgIpc) is 3.04. The summed E-state index contributed by atoms with van der Waals surface area (Å²) in [4.78, 5) is 12.6. The van der Waals surface area contributed by atoms with Crippen molar-refractivity contribution >= 4 is 5.82 Å². The Morgan fingerprint density at radius 1 is 1.38 bits per heavy atom. The summed E-state index contributed by atoms with van der Waals surface area (Å²) in [5.41, 5.74) is 2.54. The molecule has 7 heteroatoms. The number of nitrogen functional groups attached to an aromatic ring is 1. The van der Waals surface area contributed by atoms with Gasteiger partial charge >= 0.3 is 0 Å². The zero-order chi connectivity index (χ0) is 11.0. The molecule has 2 heterocycles. The van der Waals surface area contributed by atoms with Crippen LogP contribution in [0.1, 0.15) is 24.6 Å². The first-order chi connectivity index (χ1) is 7.86. The second-order valence-corrected chi connectivity index (χ2v) is 3.73. The topological polar surface area (TPSA) is 94.5 Å². The molecule has 0 amide bonds. The second kappa shape index (κ2) is 3.53. The molecule has 0 unspecified atom stereocenters. The van der Waals surface area contributed by atoms with Gasteiger partial charge in [0.25, 0.3) is 0 Å². The summed E-state index contributed by atoms with van der Waals surface area (Å²) in [6, 6.07) is 1.74. The molecule has 1 saturated carbocycles. The quantitative estimate of drug-likeness (QED) is 0.564. The van der Waals surface area contributed by atoms with E-state index in [1.807, 2.05) is 0 Å². The van der Waals surface area contributed by atoms with Crippen LogP contribution in [0.25, 0.3) is 5.82 Å². The van der Waals surface area contributed by atoms with Crippen LogP contribution in [0.3, 0.4) is 0 Å². The lowest BCUT2D eigenvalue weighted by atomic mass is 10.4. The maximum atomic E-state index is 5.38. The van der Waals surface area contributed by atoms with Gasteiger partial charge in [0.2, 0.25) is 0 Å². The number of hydrazine groups is 1. The van der Waals surface area contributed by atoms with Gasteiger partial charge in [-0.05, 0) is 12.8 Å². The molecule has 16 heavy (non-hydrogen) atoms. The largest absolute Gasteiger partial charge is 0.308 e. The number of anilines is 1. The lowest BCUT2D eigenvalue weighted by Crippen LogP contribution is -2.12. The summed E-state index contributed by atoms with van der Waals surface area (Å²) in [5.74, 6) is 7.95. The van der Waals surface area contributed by atoms with Crippen LogP contribution in [0.15, 0.2) is 18.7 Å². The smallest absolute Gasteiger partial charge is 0.161 e. The highest BCUT2D eigenvalue weighted by Crippen LogP contribution is 2.38. The zero-order valence-electron chi connectivity index (χ0n) is 8.54. The first-order valence-electron chi connectivity index (χ1n) is 5.07. The number of nitrogens with zero attached hydrogens (tertiary/aromatic N) is 5. The predicted octanol–water partition coefficient (Wildman–Crippen LogP) is 0.220. The number of nitrogens with two attached hydrogens (primary N) is 1. The first-order valence-corrected chi connectivity index (χ1v) is 5.07. The van der Waals surface area contributed by atoms with Gasteiger partial charge in [0, 0.05) is 12.0 Å². The van der Waals surface area contributed by atoms with Crippen molar-refractivity contribution in [2.24, 2.45) is 5.84 Å². The molecule has 0 bridgehead atoms. The van der Waals surface area contributed by atoms with Crippen LogP contribution in [0.4, 0.5) is 5.82 Å². The maximum Gasteiger partial charge on any atom is 0.161 e. The molecule has 0 spiro atoms. The molecule has 0 saturated heterocycles. The van der Waals surface area contributed by atoms with Crippen LogP contribution in [0.2, 0.25) is 0 Å². The van der Waals surface area contributed by atoms with Gasteiger partial charge in [-0.2, -0.15) is 5.10 Å². The predicted molar refractivity (Wildman–Crippen MR) is 56.7 cm³/mol. The minimum absolute atomic E-state index is 0.468. The van der Waals surface area contributed by atoms with Crippen LogP contribution in [0.5, 0.6) is 0 Å². The van der Waals surface area contributed by atoms with E-state index < -0.39 is 0 Å². The Kier molecular flexibility index (Phi) is 2.03. The van der Waals surface area contributed by atoms with Gasteiger partial charge in [0.1, 0.15) is 24.3 Å². The van der Waals surface area contributed by atoms with E-state index in [1.54, 1.807) is 17.1 Å². The summed E-state index contributed by atoms with van der Waals surface area (Å²) in [7, 11) is 0. The van der Waals surface area contributed by atoms with E-state index in [-0.39, 0.29) is 0 Å². The van der Waals surface area contributed by atoms with E-state index in [1.165, 1.54) is 6.33 Å². The fourth-order valence-electron chi connectivity index (χ4n) is 1.49. The summed E-state index contributed by atoms with van der Waals surface area (Å²) < 4.78 is 1.59. The molecule has 2 aromatic heterocycles. The van der Waals surface area contributed by atoms with Crippen LogP contribution in [0, 0.1) is 0 Å². The third kappa shape index (κ3) is 1.61. The second-order valence-electron chi connectivity index (χ2n) is 3.73. The van der Waals surface area contributed by atoms with E-state index in [0.29, 0.717) is 17.6 Å². The van der Waals surface area contributed by atoms with Crippen LogP contribution >= 0.6 is 0 Å². The van der Waals surface area contributed by atoms with Crippen molar-refractivity contribution < 1.29 is 0 Å². The summed E-state index contributed by atoms with van der Waals surface area (Å²) in [6.45, 7) is 0. The van der Waals surface area contributed by atoms with Gasteiger partial charge in [-0.3, -0.25) is 0 Å². The molecule has 1 aliphatic rings. The summed E-state index contributed by atoms with van der Waals surface area (Å²) >= 11 is 0. The molecule has 0 atom stereocenters. The van der Waals surface area contributed by atoms with Crippen molar-refractivity contribution in [1.82, 2.24) is 24.7 Å². The number of rotatable bonds is 3. The van der Waals surface area contributed by atoms with E-state index in [4.69, 9.17) is 5.84 Å². The number of hydrogen-bond donors (Lipinski definition) is 2. The summed E-state index contributed by atoms with van der Waals surface area (Å²) in [6.07, 6.45) is 5.35. The number of hydrogen-bond acceptors (Lipinski definition) is 6. The SMILES string of the molecule is NNc1cc(-n2cncn2)nc(C2CC2)n1. The Morgan fingerprint density at radius 2 is 2.25 bits per heavy atom. The van der Waals surface area contributed by atoms with Crippen molar-refractivity contribution in [3.8, 4) is 5.82 Å². The molecular formula is C9H11N7. The lowest BCUT2D eigenvalue weighted by Gasteiger charge is -2.06. The van der Waals surface area contributed by atoms with Crippen LogP contribution in [-0.2, 0) is 0 Å². The van der Waals surface area contributed by atoms with Gasteiger partial charge in [-0.15, -0.1) is 0 Å². The molecule has 0 radical (unpaired) electrons. The van der Waals surface area contributed by atoms with E-state index in [9.17, 15) is 0 Å². The Bertz CT molecular complexity index is 489. The Labute approximate surface area is 91.7 Å². The van der Waals surface area contributed by atoms with E-state index in [2.05, 4.69) is 25.5 Å². The fraction of sp³-hybridized carbons (Fsp3) is 0.333. The summed E-state index contributed by atoms with van der Waals surface area (Å²) in [5, 5.41) is 4.03. The minimum Gasteiger partial charge on any atom is -0.308 e. The Hall–Kier alpha value is -2.02. The third-order valence-corrected chi connectivity index (χ3v) is 2.47. The third-order valence-electron chi connectivity index (χ3n) is 2.47. The van der Waals surface area contributed by atoms with Crippen molar-refractivity contribution in [3.05, 3.63) is 24.5 Å². The van der Waals surface area contributed by atoms with Crippen molar-refractivity contribution in [1.29, 1.82) is 0 Å². The highest BCUT2D eigenvalue weighted by Gasteiger charge is 2.27. The van der Waals surface area contributed by atoms with Gasteiger partial charge in [-0.1, -0.05) is 0 Å². The maximum absolute atomic E-state index is 5.38. The van der Waals surface area contributed by atoms with Gasteiger partial charge < -0.3 is 5.43 Å². The van der Waals surface area contributed by atoms with E-state index in [0.717, 1.165) is 18.7 Å². The molecule has 3 N–H and O–H groups in total. The highest BCUT2D eigenvalue weighted by atomic mass is 15.4. The molecule has 1 fully saturated rings. The van der Waals surface area contributed by atoms with Gasteiger partial charge in [0.05, 0.1) is 0 Å². The van der Waals surface area contributed by atoms with E-state index >= 15 is 0 Å². The number of nitrogens with one attached hydrogen (secondary N) is 1. The molecule has 82 valence electrons. The molecule has 0 aromatic carbocycles. The van der Waals surface area contributed by atoms with Gasteiger partial charge in [0.15, 0.2) is 5.82 Å². The first kappa shape index (κ1) is 9.22. The number of aromatic nitrogens is 5. The Morgan fingerprint density at radius 3 is 2.88 bits per heavy atom. The van der Waals surface area contributed by atoms with Crippen molar-refractivity contribution in [2.75, 3.05) is 5.43 Å².